The molecule has 2 fully saturated rings. The van der Waals surface area contributed by atoms with Crippen LogP contribution in [0.25, 0.3) is 0 Å². The Balaban J connectivity index is 0.00000200. The number of methoxy groups -OCH3 is 1. The van der Waals surface area contributed by atoms with Crippen LogP contribution in [0.5, 0.6) is 0 Å². The first-order chi connectivity index (χ1) is 9.20. The number of likely N-dealkylation sites (tertiary alicyclic amines) is 1. The fourth-order valence-electron chi connectivity index (χ4n) is 3.20. The molecule has 2 saturated heterocycles. The first-order valence-corrected chi connectivity index (χ1v) is 7.43. The Bertz CT molecular complexity index is 309. The molecule has 6 heteroatoms. The second-order valence-corrected chi connectivity index (χ2v) is 5.85. The van der Waals surface area contributed by atoms with Crippen molar-refractivity contribution in [2.24, 2.45) is 5.41 Å². The lowest BCUT2D eigenvalue weighted by Crippen LogP contribution is -2.53. The van der Waals surface area contributed by atoms with E-state index < -0.39 is 0 Å². The molecule has 0 aliphatic carbocycles. The van der Waals surface area contributed by atoms with Crippen LogP contribution in [-0.4, -0.2) is 63.3 Å². The van der Waals surface area contributed by atoms with E-state index in [-0.39, 0.29) is 23.7 Å². The van der Waals surface area contributed by atoms with Crippen LogP contribution in [0.1, 0.15) is 26.2 Å². The van der Waals surface area contributed by atoms with E-state index in [0.717, 1.165) is 45.6 Å². The zero-order valence-corrected chi connectivity index (χ0v) is 13.4. The van der Waals surface area contributed by atoms with Crippen molar-refractivity contribution in [1.29, 1.82) is 0 Å². The highest BCUT2D eigenvalue weighted by atomic mass is 35.5. The quantitative estimate of drug-likeness (QED) is 0.782. The molecule has 0 aromatic heterocycles. The van der Waals surface area contributed by atoms with Crippen molar-refractivity contribution in [2.45, 2.75) is 32.2 Å². The first-order valence-electron chi connectivity index (χ1n) is 7.43. The Morgan fingerprint density at radius 3 is 2.95 bits per heavy atom. The number of ether oxygens (including phenoxy) is 1. The maximum absolute atomic E-state index is 12.6. The lowest BCUT2D eigenvalue weighted by Gasteiger charge is -2.35. The van der Waals surface area contributed by atoms with Crippen molar-refractivity contribution >= 4 is 18.3 Å². The average molecular weight is 306 g/mol. The molecule has 2 aliphatic rings. The summed E-state index contributed by atoms with van der Waals surface area (Å²) < 4.78 is 5.27. The molecule has 2 unspecified atom stereocenters. The summed E-state index contributed by atoms with van der Waals surface area (Å²) in [6.45, 7) is 7.54. The van der Waals surface area contributed by atoms with Gasteiger partial charge in [0.05, 0.1) is 12.0 Å². The summed E-state index contributed by atoms with van der Waals surface area (Å²) in [6, 6.07) is 0.301. The Hall–Kier alpha value is -0.360. The third-order valence-corrected chi connectivity index (χ3v) is 4.43. The highest BCUT2D eigenvalue weighted by Gasteiger charge is 2.42. The molecule has 1 amide bonds. The summed E-state index contributed by atoms with van der Waals surface area (Å²) in [7, 11) is 1.67. The minimum absolute atomic E-state index is 0. The van der Waals surface area contributed by atoms with Gasteiger partial charge in [0, 0.05) is 26.2 Å². The van der Waals surface area contributed by atoms with E-state index in [1.165, 1.54) is 6.42 Å². The highest BCUT2D eigenvalue weighted by molar-refractivity contribution is 5.85. The van der Waals surface area contributed by atoms with E-state index in [4.69, 9.17) is 4.74 Å². The van der Waals surface area contributed by atoms with Crippen LogP contribution in [0.2, 0.25) is 0 Å². The van der Waals surface area contributed by atoms with E-state index in [2.05, 4.69) is 22.5 Å². The molecule has 2 N–H and O–H groups in total. The van der Waals surface area contributed by atoms with Gasteiger partial charge in [-0.1, -0.05) is 6.92 Å². The summed E-state index contributed by atoms with van der Waals surface area (Å²) >= 11 is 0. The number of nitrogens with zero attached hydrogens (tertiary/aromatic N) is 1. The number of hydrogen-bond acceptors (Lipinski definition) is 4. The van der Waals surface area contributed by atoms with Crippen molar-refractivity contribution in [3.63, 3.8) is 0 Å². The summed E-state index contributed by atoms with van der Waals surface area (Å²) in [5.74, 6) is 0.169. The molecule has 2 atom stereocenters. The number of carbonyl (C=O) groups excluding carboxylic acids is 1. The van der Waals surface area contributed by atoms with Crippen LogP contribution in [0.3, 0.4) is 0 Å². The molecule has 0 bridgehead atoms. The summed E-state index contributed by atoms with van der Waals surface area (Å²) in [5, 5.41) is 6.53. The maximum Gasteiger partial charge on any atom is 0.230 e. The molecule has 2 rings (SSSR count). The molecular formula is C14H28ClN3O2. The van der Waals surface area contributed by atoms with Crippen molar-refractivity contribution in [1.82, 2.24) is 15.5 Å². The zero-order valence-electron chi connectivity index (χ0n) is 12.6. The van der Waals surface area contributed by atoms with Gasteiger partial charge in [-0.3, -0.25) is 4.79 Å². The largest absolute Gasteiger partial charge is 0.384 e. The molecule has 0 saturated carbocycles. The van der Waals surface area contributed by atoms with Gasteiger partial charge in [-0.15, -0.1) is 12.4 Å². The molecule has 0 aromatic carbocycles. The summed E-state index contributed by atoms with van der Waals surface area (Å²) in [4.78, 5) is 15.0. The lowest BCUT2D eigenvalue weighted by molar-refractivity contribution is -0.134. The van der Waals surface area contributed by atoms with Crippen LogP contribution >= 0.6 is 12.4 Å². The van der Waals surface area contributed by atoms with Gasteiger partial charge >= 0.3 is 0 Å². The Morgan fingerprint density at radius 1 is 1.55 bits per heavy atom. The normalized spacial score (nSPS) is 30.8. The van der Waals surface area contributed by atoms with Gasteiger partial charge in [-0.2, -0.15) is 0 Å². The SMILES string of the molecule is CCN1CCCC(NC(=O)C2(COC)CCNC2)C1.Cl. The highest BCUT2D eigenvalue weighted by Crippen LogP contribution is 2.26. The molecular weight excluding hydrogens is 278 g/mol. The number of rotatable bonds is 5. The van der Waals surface area contributed by atoms with Gasteiger partial charge in [-0.25, -0.2) is 0 Å². The zero-order chi connectivity index (χ0) is 13.7. The van der Waals surface area contributed by atoms with E-state index in [0.29, 0.717) is 12.6 Å². The molecule has 2 heterocycles. The van der Waals surface area contributed by atoms with Gasteiger partial charge in [0.25, 0.3) is 0 Å². The fourth-order valence-corrected chi connectivity index (χ4v) is 3.20. The van der Waals surface area contributed by atoms with Gasteiger partial charge in [-0.05, 0) is 38.9 Å². The predicted octanol–water partition coefficient (Wildman–Crippen LogP) is 0.635. The van der Waals surface area contributed by atoms with Crippen LogP contribution < -0.4 is 10.6 Å². The van der Waals surface area contributed by atoms with Gasteiger partial charge in [0.2, 0.25) is 5.91 Å². The van der Waals surface area contributed by atoms with Gasteiger partial charge in [0.1, 0.15) is 0 Å². The second kappa shape index (κ2) is 8.17. The second-order valence-electron chi connectivity index (χ2n) is 5.85. The third-order valence-electron chi connectivity index (χ3n) is 4.43. The van der Waals surface area contributed by atoms with E-state index >= 15 is 0 Å². The number of halogens is 1. The molecule has 20 heavy (non-hydrogen) atoms. The fraction of sp³-hybridized carbons (Fsp3) is 0.929. The van der Waals surface area contributed by atoms with Crippen molar-refractivity contribution in [2.75, 3.05) is 46.4 Å². The van der Waals surface area contributed by atoms with E-state index in [1.807, 2.05) is 0 Å². The molecule has 0 aromatic rings. The number of piperidine rings is 1. The van der Waals surface area contributed by atoms with Gasteiger partial charge < -0.3 is 20.3 Å². The van der Waals surface area contributed by atoms with Crippen LogP contribution in [0.15, 0.2) is 0 Å². The minimum Gasteiger partial charge on any atom is -0.384 e. The van der Waals surface area contributed by atoms with Crippen molar-refractivity contribution in [3.8, 4) is 0 Å². The average Bonchev–Trinajstić information content (AvgIpc) is 2.89. The van der Waals surface area contributed by atoms with Gasteiger partial charge in [0.15, 0.2) is 0 Å². The predicted molar refractivity (Wildman–Crippen MR) is 82.3 cm³/mol. The molecule has 2 aliphatic heterocycles. The number of nitrogens with one attached hydrogen (secondary N) is 2. The van der Waals surface area contributed by atoms with Crippen LogP contribution in [0.4, 0.5) is 0 Å². The topological polar surface area (TPSA) is 53.6 Å². The third kappa shape index (κ3) is 4.07. The van der Waals surface area contributed by atoms with Crippen LogP contribution in [-0.2, 0) is 9.53 Å². The van der Waals surface area contributed by atoms with Crippen molar-refractivity contribution < 1.29 is 9.53 Å². The first kappa shape index (κ1) is 17.7. The van der Waals surface area contributed by atoms with Crippen LogP contribution in [0, 0.1) is 5.41 Å². The number of hydrogen-bond donors (Lipinski definition) is 2. The Morgan fingerprint density at radius 2 is 2.35 bits per heavy atom. The van der Waals surface area contributed by atoms with E-state index in [1.54, 1.807) is 7.11 Å². The van der Waals surface area contributed by atoms with Crippen molar-refractivity contribution in [3.05, 3.63) is 0 Å². The number of amides is 1. The Labute approximate surface area is 128 Å². The number of carbonyl (C=O) groups is 1. The minimum atomic E-state index is -0.358. The molecule has 5 nitrogen and oxygen atoms in total. The monoisotopic (exact) mass is 305 g/mol. The number of likely N-dealkylation sites (N-methyl/N-ethyl adjacent to an activating group) is 1. The maximum atomic E-state index is 12.6. The summed E-state index contributed by atoms with van der Waals surface area (Å²) in [6.07, 6.45) is 3.14. The summed E-state index contributed by atoms with van der Waals surface area (Å²) in [5.41, 5.74) is -0.358. The smallest absolute Gasteiger partial charge is 0.230 e. The van der Waals surface area contributed by atoms with E-state index in [9.17, 15) is 4.79 Å². The standard InChI is InChI=1S/C14H27N3O2.ClH/c1-3-17-8-4-5-12(9-17)16-13(18)14(11-19-2)6-7-15-10-14;/h12,15H,3-11H2,1-2H3,(H,16,18);1H. The molecule has 0 radical (unpaired) electrons. The molecule has 118 valence electrons. The Kier molecular flexibility index (Phi) is 7.23. The molecule has 0 spiro atoms. The lowest BCUT2D eigenvalue weighted by atomic mass is 9.86.